The molecule has 2 heterocycles. The van der Waals surface area contributed by atoms with E-state index in [1.807, 2.05) is 4.90 Å². The van der Waals surface area contributed by atoms with Crippen LogP contribution in [0.1, 0.15) is 36.6 Å². The van der Waals surface area contributed by atoms with Gasteiger partial charge < -0.3 is 4.90 Å². The molecule has 1 fully saturated rings. The third-order valence-electron chi connectivity index (χ3n) is 4.24. The number of hydroxylamine groups is 2. The van der Waals surface area contributed by atoms with Crippen molar-refractivity contribution >= 4 is 23.7 Å². The van der Waals surface area contributed by atoms with Crippen LogP contribution >= 0.6 is 11.3 Å². The maximum absolute atomic E-state index is 12.6. The van der Waals surface area contributed by atoms with Gasteiger partial charge in [0.05, 0.1) is 12.5 Å². The number of thiophene rings is 1. The molecule has 0 saturated carbocycles. The lowest BCUT2D eigenvalue weighted by Crippen LogP contribution is -2.33. The fourth-order valence-corrected chi connectivity index (χ4v) is 3.81. The Labute approximate surface area is 135 Å². The second kappa shape index (κ2) is 7.74. The third-order valence-corrected chi connectivity index (χ3v) is 5.16. The van der Waals surface area contributed by atoms with E-state index < -0.39 is 0 Å². The number of carbonyl (C=O) groups excluding carboxylic acids is 2. The first-order valence-electron chi connectivity index (χ1n) is 7.78. The van der Waals surface area contributed by atoms with Gasteiger partial charge >= 0.3 is 0 Å². The molecule has 0 radical (unpaired) electrons. The highest BCUT2D eigenvalue weighted by Crippen LogP contribution is 2.31. The highest BCUT2D eigenvalue weighted by molar-refractivity contribution is 7.10. The number of unbranched alkanes of at least 4 members (excludes halogenated alkanes) is 1. The Morgan fingerprint density at radius 1 is 1.55 bits per heavy atom. The molecule has 0 aliphatic carbocycles. The number of aryl methyl sites for hydroxylation is 1. The van der Waals surface area contributed by atoms with Crippen molar-refractivity contribution in [2.24, 2.45) is 11.8 Å². The number of hydrogen-bond acceptors (Lipinski definition) is 4. The summed E-state index contributed by atoms with van der Waals surface area (Å²) in [6.45, 7) is 5.61. The molecule has 0 spiro atoms. The van der Waals surface area contributed by atoms with Crippen molar-refractivity contribution in [2.75, 3.05) is 13.1 Å². The van der Waals surface area contributed by atoms with Gasteiger partial charge in [0.15, 0.2) is 0 Å². The maximum Gasteiger partial charge on any atom is 0.233 e. The monoisotopic (exact) mass is 324 g/mol. The summed E-state index contributed by atoms with van der Waals surface area (Å²) in [6, 6.07) is 2.11. The fourth-order valence-electron chi connectivity index (χ4n) is 3.11. The molecule has 2 rings (SSSR count). The Morgan fingerprint density at radius 2 is 2.32 bits per heavy atom. The number of rotatable bonds is 8. The first kappa shape index (κ1) is 17.0. The van der Waals surface area contributed by atoms with E-state index in [9.17, 15) is 14.8 Å². The van der Waals surface area contributed by atoms with Gasteiger partial charge in [-0.3, -0.25) is 14.8 Å². The van der Waals surface area contributed by atoms with Crippen molar-refractivity contribution in [3.05, 3.63) is 21.9 Å². The fraction of sp³-hybridized carbons (Fsp3) is 0.625. The highest BCUT2D eigenvalue weighted by atomic mass is 32.1. The van der Waals surface area contributed by atoms with E-state index in [4.69, 9.17) is 0 Å². The van der Waals surface area contributed by atoms with Crippen LogP contribution in [-0.2, 0) is 16.1 Å². The average Bonchev–Trinajstić information content (AvgIpc) is 3.03. The minimum atomic E-state index is -0.290. The van der Waals surface area contributed by atoms with E-state index in [0.717, 1.165) is 24.8 Å². The van der Waals surface area contributed by atoms with Gasteiger partial charge in [-0.25, -0.2) is 5.06 Å². The van der Waals surface area contributed by atoms with Gasteiger partial charge in [0.2, 0.25) is 12.3 Å². The van der Waals surface area contributed by atoms with E-state index in [1.165, 1.54) is 4.88 Å². The summed E-state index contributed by atoms with van der Waals surface area (Å²) in [5.41, 5.74) is 1.15. The Morgan fingerprint density at radius 3 is 2.91 bits per heavy atom. The number of hydrogen-bond donors (Lipinski definition) is 1. The van der Waals surface area contributed by atoms with Crippen LogP contribution in [0.2, 0.25) is 0 Å². The lowest BCUT2D eigenvalue weighted by Gasteiger charge is -2.19. The molecule has 1 aromatic rings. The first-order chi connectivity index (χ1) is 10.5. The predicted octanol–water partition coefficient (Wildman–Crippen LogP) is 2.67. The molecule has 2 atom stereocenters. The summed E-state index contributed by atoms with van der Waals surface area (Å²) < 4.78 is 0. The zero-order chi connectivity index (χ0) is 16.1. The van der Waals surface area contributed by atoms with Gasteiger partial charge in [-0.1, -0.05) is 19.8 Å². The molecule has 1 aliphatic rings. The summed E-state index contributed by atoms with van der Waals surface area (Å²) >= 11 is 1.69. The normalized spacial score (nSPS) is 21.4. The standard InChI is InChI=1S/C16H24N2O3S/c1-3-4-5-14-8-17(7-13-6-12(2)22-10-13)16(20)15(14)9-18(21)11-19/h6,10-11,14-15,21H,3-5,7-9H2,1-2H3. The molecule has 0 aromatic carbocycles. The summed E-state index contributed by atoms with van der Waals surface area (Å²) in [7, 11) is 0. The van der Waals surface area contributed by atoms with Gasteiger partial charge in [0.1, 0.15) is 0 Å². The molecule has 2 unspecified atom stereocenters. The van der Waals surface area contributed by atoms with Crippen LogP contribution in [0.25, 0.3) is 0 Å². The van der Waals surface area contributed by atoms with Crippen molar-refractivity contribution in [1.29, 1.82) is 0 Å². The lowest BCUT2D eigenvalue weighted by molar-refractivity contribution is -0.155. The maximum atomic E-state index is 12.6. The Hall–Kier alpha value is -1.40. The molecule has 1 aliphatic heterocycles. The van der Waals surface area contributed by atoms with Crippen LogP contribution in [0.3, 0.4) is 0 Å². The van der Waals surface area contributed by atoms with E-state index >= 15 is 0 Å². The average molecular weight is 324 g/mol. The summed E-state index contributed by atoms with van der Waals surface area (Å²) in [5.74, 6) is -0.0332. The molecule has 22 heavy (non-hydrogen) atoms. The summed E-state index contributed by atoms with van der Waals surface area (Å²) in [4.78, 5) is 26.4. The highest BCUT2D eigenvalue weighted by Gasteiger charge is 2.40. The predicted molar refractivity (Wildman–Crippen MR) is 85.5 cm³/mol. The SMILES string of the molecule is CCCCC1CN(Cc2csc(C)c2)C(=O)C1CN(O)C=O. The van der Waals surface area contributed by atoms with Gasteiger partial charge in [-0.2, -0.15) is 0 Å². The van der Waals surface area contributed by atoms with Gasteiger partial charge in [-0.15, -0.1) is 11.3 Å². The molecule has 1 saturated heterocycles. The van der Waals surface area contributed by atoms with E-state index in [-0.39, 0.29) is 24.3 Å². The largest absolute Gasteiger partial charge is 0.338 e. The number of carbonyl (C=O) groups is 2. The van der Waals surface area contributed by atoms with Gasteiger partial charge in [-0.05, 0) is 36.3 Å². The minimum Gasteiger partial charge on any atom is -0.338 e. The van der Waals surface area contributed by atoms with Crippen LogP contribution in [0, 0.1) is 18.8 Å². The zero-order valence-electron chi connectivity index (χ0n) is 13.2. The van der Waals surface area contributed by atoms with Crippen LogP contribution in [0.15, 0.2) is 11.4 Å². The van der Waals surface area contributed by atoms with Crippen molar-refractivity contribution < 1.29 is 14.8 Å². The Kier molecular flexibility index (Phi) is 5.97. The smallest absolute Gasteiger partial charge is 0.233 e. The molecule has 5 nitrogen and oxygen atoms in total. The second-order valence-corrected chi connectivity index (χ2v) is 7.14. The molecule has 1 N–H and O–H groups in total. The third kappa shape index (κ3) is 4.08. The second-order valence-electron chi connectivity index (χ2n) is 6.02. The zero-order valence-corrected chi connectivity index (χ0v) is 14.0. The number of likely N-dealkylation sites (tertiary alicyclic amines) is 1. The molecule has 6 heteroatoms. The lowest BCUT2D eigenvalue weighted by atomic mass is 9.90. The van der Waals surface area contributed by atoms with Crippen molar-refractivity contribution in [2.45, 2.75) is 39.7 Å². The van der Waals surface area contributed by atoms with Gasteiger partial charge in [0.25, 0.3) is 0 Å². The van der Waals surface area contributed by atoms with Crippen LogP contribution < -0.4 is 0 Å². The topological polar surface area (TPSA) is 60.9 Å². The van der Waals surface area contributed by atoms with Crippen molar-refractivity contribution in [3.8, 4) is 0 Å². The van der Waals surface area contributed by atoms with E-state index in [0.29, 0.717) is 24.6 Å². The molecular weight excluding hydrogens is 300 g/mol. The van der Waals surface area contributed by atoms with Crippen molar-refractivity contribution in [1.82, 2.24) is 9.96 Å². The molecular formula is C16H24N2O3S. The molecule has 0 bridgehead atoms. The van der Waals surface area contributed by atoms with E-state index in [2.05, 4.69) is 25.3 Å². The van der Waals surface area contributed by atoms with E-state index in [1.54, 1.807) is 11.3 Å². The molecule has 1 aromatic heterocycles. The Balaban J connectivity index is 2.05. The van der Waals surface area contributed by atoms with Gasteiger partial charge in [0, 0.05) is 18.0 Å². The minimum absolute atomic E-state index is 0.0471. The Bertz CT molecular complexity index is 517. The molecule has 122 valence electrons. The number of amides is 2. The summed E-state index contributed by atoms with van der Waals surface area (Å²) in [5, 5.41) is 12.1. The first-order valence-corrected chi connectivity index (χ1v) is 8.66. The summed E-state index contributed by atoms with van der Waals surface area (Å²) in [6.07, 6.45) is 3.47. The quantitative estimate of drug-likeness (QED) is 0.454. The molecule has 2 amide bonds. The van der Waals surface area contributed by atoms with Crippen molar-refractivity contribution in [3.63, 3.8) is 0 Å². The van der Waals surface area contributed by atoms with Crippen LogP contribution in [-0.4, -0.2) is 40.6 Å². The van der Waals surface area contributed by atoms with Crippen LogP contribution in [0.5, 0.6) is 0 Å². The van der Waals surface area contributed by atoms with Crippen LogP contribution in [0.4, 0.5) is 0 Å². The number of nitrogens with zero attached hydrogens (tertiary/aromatic N) is 2.